The zero-order valence-corrected chi connectivity index (χ0v) is 14.9. The van der Waals surface area contributed by atoms with E-state index in [1.54, 1.807) is 23.5 Å². The first-order chi connectivity index (χ1) is 10.9. The second-order valence-electron chi connectivity index (χ2n) is 6.23. The summed E-state index contributed by atoms with van der Waals surface area (Å²) < 4.78 is 5.52. The lowest BCUT2D eigenvalue weighted by molar-refractivity contribution is 0.0581. The summed E-state index contributed by atoms with van der Waals surface area (Å²) in [5.41, 5.74) is 0.432. The highest BCUT2D eigenvalue weighted by molar-refractivity contribution is 7.19. The van der Waals surface area contributed by atoms with Crippen molar-refractivity contribution in [1.82, 2.24) is 9.97 Å². The van der Waals surface area contributed by atoms with Gasteiger partial charge in [-0.2, -0.15) is 0 Å². The van der Waals surface area contributed by atoms with E-state index < -0.39 is 5.60 Å². The second kappa shape index (κ2) is 7.55. The number of anilines is 1. The first kappa shape index (κ1) is 17.4. The molecular formula is C17H23N3O2S. The SMILES string of the molecule is CCCCN(C(=O)OC(C)(C)C)c1cnc(-c2cccnc2)s1. The second-order valence-corrected chi connectivity index (χ2v) is 7.24. The maximum Gasteiger partial charge on any atom is 0.415 e. The van der Waals surface area contributed by atoms with Gasteiger partial charge in [0.25, 0.3) is 0 Å². The molecule has 0 fully saturated rings. The molecule has 5 nitrogen and oxygen atoms in total. The number of nitrogens with zero attached hydrogens (tertiary/aromatic N) is 3. The minimum Gasteiger partial charge on any atom is -0.443 e. The van der Waals surface area contributed by atoms with Crippen LogP contribution in [0.2, 0.25) is 0 Å². The molecule has 6 heteroatoms. The molecule has 1 amide bonds. The Hall–Kier alpha value is -1.95. The lowest BCUT2D eigenvalue weighted by Gasteiger charge is -2.26. The van der Waals surface area contributed by atoms with Crippen molar-refractivity contribution in [3.8, 4) is 10.6 Å². The van der Waals surface area contributed by atoms with E-state index in [0.717, 1.165) is 28.4 Å². The molecule has 0 aliphatic heterocycles. The Kier molecular flexibility index (Phi) is 5.71. The van der Waals surface area contributed by atoms with Gasteiger partial charge in [-0.3, -0.25) is 9.88 Å². The first-order valence-corrected chi connectivity index (χ1v) is 8.59. The van der Waals surface area contributed by atoms with E-state index in [-0.39, 0.29) is 6.09 Å². The zero-order chi connectivity index (χ0) is 16.9. The summed E-state index contributed by atoms with van der Waals surface area (Å²) in [6, 6.07) is 3.83. The number of carbonyl (C=O) groups is 1. The van der Waals surface area contributed by atoms with Crippen molar-refractivity contribution in [2.45, 2.75) is 46.1 Å². The van der Waals surface area contributed by atoms with Gasteiger partial charge in [0.15, 0.2) is 0 Å². The Morgan fingerprint density at radius 3 is 2.74 bits per heavy atom. The normalized spacial score (nSPS) is 11.3. The van der Waals surface area contributed by atoms with Crippen LogP contribution in [0.15, 0.2) is 30.7 Å². The number of unbranched alkanes of at least 4 members (excludes halogenated alkanes) is 1. The third kappa shape index (κ3) is 5.03. The Balaban J connectivity index is 2.22. The van der Waals surface area contributed by atoms with Gasteiger partial charge in [-0.25, -0.2) is 9.78 Å². The smallest absolute Gasteiger partial charge is 0.415 e. The average Bonchev–Trinajstić information content (AvgIpc) is 2.96. The van der Waals surface area contributed by atoms with E-state index in [1.807, 2.05) is 32.9 Å². The van der Waals surface area contributed by atoms with Gasteiger partial charge in [0.2, 0.25) is 0 Å². The van der Waals surface area contributed by atoms with Gasteiger partial charge >= 0.3 is 6.09 Å². The van der Waals surface area contributed by atoms with Crippen molar-refractivity contribution >= 4 is 22.4 Å². The number of hydrogen-bond acceptors (Lipinski definition) is 5. The van der Waals surface area contributed by atoms with Crippen molar-refractivity contribution in [3.05, 3.63) is 30.7 Å². The fourth-order valence-corrected chi connectivity index (χ4v) is 2.86. The molecule has 23 heavy (non-hydrogen) atoms. The molecule has 0 aliphatic rings. The number of carbonyl (C=O) groups excluding carboxylic acids is 1. The summed E-state index contributed by atoms with van der Waals surface area (Å²) in [4.78, 5) is 22.7. The number of amides is 1. The molecule has 2 rings (SSSR count). The summed E-state index contributed by atoms with van der Waals surface area (Å²) in [6.07, 6.45) is 6.82. The fraction of sp³-hybridized carbons (Fsp3) is 0.471. The maximum absolute atomic E-state index is 12.5. The van der Waals surface area contributed by atoms with Gasteiger partial charge in [0, 0.05) is 24.5 Å². The van der Waals surface area contributed by atoms with Gasteiger partial charge < -0.3 is 4.74 Å². The first-order valence-electron chi connectivity index (χ1n) is 7.77. The van der Waals surface area contributed by atoms with Crippen molar-refractivity contribution in [3.63, 3.8) is 0 Å². The molecule has 0 N–H and O–H groups in total. The summed E-state index contributed by atoms with van der Waals surface area (Å²) in [7, 11) is 0. The van der Waals surface area contributed by atoms with Crippen LogP contribution in [-0.2, 0) is 4.74 Å². The highest BCUT2D eigenvalue weighted by Crippen LogP contribution is 2.31. The molecular weight excluding hydrogens is 310 g/mol. The van der Waals surface area contributed by atoms with Crippen molar-refractivity contribution in [2.75, 3.05) is 11.4 Å². The van der Waals surface area contributed by atoms with E-state index in [0.29, 0.717) is 6.54 Å². The van der Waals surface area contributed by atoms with Crippen LogP contribution >= 0.6 is 11.3 Å². The quantitative estimate of drug-likeness (QED) is 0.792. The Morgan fingerprint density at radius 2 is 2.13 bits per heavy atom. The van der Waals surface area contributed by atoms with Crippen LogP contribution in [0.3, 0.4) is 0 Å². The molecule has 0 saturated carbocycles. The number of ether oxygens (including phenoxy) is 1. The standard InChI is InChI=1S/C17H23N3O2S/c1-5-6-10-20(16(21)22-17(2,3)4)14-12-19-15(23-14)13-8-7-9-18-11-13/h7-9,11-12H,5-6,10H2,1-4H3. The lowest BCUT2D eigenvalue weighted by atomic mass is 10.2. The molecule has 0 unspecified atom stereocenters. The highest BCUT2D eigenvalue weighted by Gasteiger charge is 2.24. The average molecular weight is 333 g/mol. The molecule has 0 radical (unpaired) electrons. The number of pyridine rings is 1. The van der Waals surface area contributed by atoms with Crippen LogP contribution in [-0.4, -0.2) is 28.2 Å². The number of thiazole rings is 1. The molecule has 0 atom stereocenters. The van der Waals surface area contributed by atoms with E-state index in [4.69, 9.17) is 4.74 Å². The van der Waals surface area contributed by atoms with Gasteiger partial charge in [0.1, 0.15) is 15.6 Å². The third-order valence-electron chi connectivity index (χ3n) is 3.02. The van der Waals surface area contributed by atoms with Gasteiger partial charge in [0.05, 0.1) is 6.20 Å². The fourth-order valence-electron chi connectivity index (χ4n) is 1.94. The van der Waals surface area contributed by atoms with E-state index >= 15 is 0 Å². The van der Waals surface area contributed by atoms with Crippen LogP contribution in [0.5, 0.6) is 0 Å². The lowest BCUT2D eigenvalue weighted by Crippen LogP contribution is -2.37. The molecule has 0 aromatic carbocycles. The predicted octanol–water partition coefficient (Wildman–Crippen LogP) is 4.75. The van der Waals surface area contributed by atoms with E-state index in [2.05, 4.69) is 16.9 Å². The summed E-state index contributed by atoms with van der Waals surface area (Å²) in [6.45, 7) is 8.34. The van der Waals surface area contributed by atoms with Gasteiger partial charge in [-0.15, -0.1) is 0 Å². The highest BCUT2D eigenvalue weighted by atomic mass is 32.1. The van der Waals surface area contributed by atoms with Gasteiger partial charge in [-0.1, -0.05) is 24.7 Å². The topological polar surface area (TPSA) is 55.3 Å². The number of aromatic nitrogens is 2. The Morgan fingerprint density at radius 1 is 1.35 bits per heavy atom. The largest absolute Gasteiger partial charge is 0.443 e. The molecule has 124 valence electrons. The van der Waals surface area contributed by atoms with Crippen LogP contribution in [0.1, 0.15) is 40.5 Å². The summed E-state index contributed by atoms with van der Waals surface area (Å²) >= 11 is 1.47. The maximum atomic E-state index is 12.5. The van der Waals surface area contributed by atoms with Crippen LogP contribution in [0.4, 0.5) is 9.80 Å². The van der Waals surface area contributed by atoms with Crippen molar-refractivity contribution in [1.29, 1.82) is 0 Å². The van der Waals surface area contributed by atoms with Crippen molar-refractivity contribution in [2.24, 2.45) is 0 Å². The monoisotopic (exact) mass is 333 g/mol. The number of rotatable bonds is 5. The van der Waals surface area contributed by atoms with Crippen LogP contribution in [0.25, 0.3) is 10.6 Å². The zero-order valence-electron chi connectivity index (χ0n) is 14.1. The molecule has 2 aromatic rings. The molecule has 0 saturated heterocycles. The third-order valence-corrected chi connectivity index (χ3v) is 4.09. The van der Waals surface area contributed by atoms with E-state index in [1.165, 1.54) is 11.3 Å². The molecule has 2 heterocycles. The van der Waals surface area contributed by atoms with Crippen molar-refractivity contribution < 1.29 is 9.53 Å². The molecule has 2 aromatic heterocycles. The molecule has 0 spiro atoms. The minimum atomic E-state index is -0.515. The summed E-state index contributed by atoms with van der Waals surface area (Å²) in [5, 5.41) is 1.64. The predicted molar refractivity (Wildman–Crippen MR) is 93.8 cm³/mol. The molecule has 0 aliphatic carbocycles. The van der Waals surface area contributed by atoms with Crippen LogP contribution < -0.4 is 4.90 Å². The van der Waals surface area contributed by atoms with Gasteiger partial charge in [-0.05, 0) is 39.3 Å². The summed E-state index contributed by atoms with van der Waals surface area (Å²) in [5.74, 6) is 0. The molecule has 0 bridgehead atoms. The minimum absolute atomic E-state index is 0.327. The Labute approximate surface area is 141 Å². The number of hydrogen-bond donors (Lipinski definition) is 0. The van der Waals surface area contributed by atoms with E-state index in [9.17, 15) is 4.79 Å². The van der Waals surface area contributed by atoms with Crippen LogP contribution in [0, 0.1) is 0 Å². The Bertz CT molecular complexity index is 635.